The van der Waals surface area contributed by atoms with E-state index < -0.39 is 0 Å². The first-order chi connectivity index (χ1) is 33.0. The molecule has 0 bridgehead atoms. The van der Waals surface area contributed by atoms with Gasteiger partial charge in [-0.05, 0) is 121 Å². The van der Waals surface area contributed by atoms with E-state index in [1.165, 1.54) is 22.3 Å². The summed E-state index contributed by atoms with van der Waals surface area (Å²) < 4.78 is 19.4. The summed E-state index contributed by atoms with van der Waals surface area (Å²) in [7, 11) is 3.38. The fourth-order valence-electron chi connectivity index (χ4n) is 9.21. The third-order valence-corrected chi connectivity index (χ3v) is 13.0. The zero-order valence-corrected chi connectivity index (χ0v) is 40.5. The summed E-state index contributed by atoms with van der Waals surface area (Å²) in [4.78, 5) is 18.5. The molecule has 0 saturated carbocycles. The lowest BCUT2D eigenvalue weighted by molar-refractivity contribution is 0.412. The SMILES string of the molecule is COc1cc(/C=C/c2nc3n(n2)CCC[C@@H]3c2ccc(C(C)C)cc2)ccc1-n1cnc(C)c1.COc1cc(/C=C/c2nc3n(n2)CCC[C@H]3c2ccc(C(C)C)cc2)ccc1-n1cnc(C)c1. The van der Waals surface area contributed by atoms with Crippen molar-refractivity contribution in [2.45, 2.75) is 104 Å². The van der Waals surface area contributed by atoms with E-state index in [4.69, 9.17) is 29.6 Å². The smallest absolute Gasteiger partial charge is 0.174 e. The molecule has 0 fully saturated rings. The number of hydrogen-bond donors (Lipinski definition) is 0. The van der Waals surface area contributed by atoms with Gasteiger partial charge in [0.05, 0.1) is 49.6 Å². The fourth-order valence-corrected chi connectivity index (χ4v) is 9.21. The summed E-state index contributed by atoms with van der Waals surface area (Å²) in [5.41, 5.74) is 11.3. The zero-order valence-electron chi connectivity index (χ0n) is 40.5. The number of aromatic nitrogens is 10. The van der Waals surface area contributed by atoms with Gasteiger partial charge in [-0.15, -0.1) is 0 Å². The van der Waals surface area contributed by atoms with Crippen molar-refractivity contribution >= 4 is 24.3 Å². The summed E-state index contributed by atoms with van der Waals surface area (Å²) in [6.45, 7) is 14.7. The van der Waals surface area contributed by atoms with Gasteiger partial charge in [-0.2, -0.15) is 10.2 Å². The highest BCUT2D eigenvalue weighted by atomic mass is 16.5. The van der Waals surface area contributed by atoms with E-state index in [0.717, 1.165) is 107 Å². The van der Waals surface area contributed by atoms with Crippen molar-refractivity contribution in [3.8, 4) is 22.9 Å². The molecule has 8 aromatic rings. The molecule has 12 nitrogen and oxygen atoms in total. The van der Waals surface area contributed by atoms with Gasteiger partial charge in [0.15, 0.2) is 11.6 Å². The molecule has 2 atom stereocenters. The van der Waals surface area contributed by atoms with Crippen LogP contribution in [0.1, 0.15) is 145 Å². The summed E-state index contributed by atoms with van der Waals surface area (Å²) in [6.07, 6.45) is 20.1. The van der Waals surface area contributed by atoms with E-state index in [1.807, 2.05) is 83.9 Å². The quantitative estimate of drug-likeness (QED) is 0.119. The summed E-state index contributed by atoms with van der Waals surface area (Å²) in [6, 6.07) is 30.3. The molecular weight excluding hydrogens is 845 g/mol. The van der Waals surface area contributed by atoms with Gasteiger partial charge in [0.25, 0.3) is 0 Å². The van der Waals surface area contributed by atoms with Crippen LogP contribution in [0.4, 0.5) is 0 Å². The van der Waals surface area contributed by atoms with Crippen LogP contribution in [0.5, 0.6) is 11.5 Å². The maximum Gasteiger partial charge on any atom is 0.174 e. The predicted molar refractivity (Wildman–Crippen MR) is 271 cm³/mol. The van der Waals surface area contributed by atoms with Crippen molar-refractivity contribution in [3.63, 3.8) is 0 Å². The highest BCUT2D eigenvalue weighted by Crippen LogP contribution is 2.35. The lowest BCUT2D eigenvalue weighted by Crippen LogP contribution is -2.18. The van der Waals surface area contributed by atoms with Crippen molar-refractivity contribution in [1.82, 2.24) is 48.6 Å². The normalized spacial score (nSPS) is 15.7. The van der Waals surface area contributed by atoms with Crippen LogP contribution in [0.2, 0.25) is 0 Å². The maximum atomic E-state index is 5.64. The molecule has 348 valence electrons. The Hall–Kier alpha value is -7.34. The number of rotatable bonds is 12. The second-order valence-electron chi connectivity index (χ2n) is 18.5. The Morgan fingerprint density at radius 2 is 0.956 bits per heavy atom. The number of hydrogen-bond acceptors (Lipinski definition) is 8. The fraction of sp³-hybridized carbons (Fsp3) is 0.321. The molecule has 6 heterocycles. The van der Waals surface area contributed by atoms with Crippen LogP contribution >= 0.6 is 0 Å². The third kappa shape index (κ3) is 10.1. The molecule has 0 aliphatic carbocycles. The number of aryl methyl sites for hydroxylation is 4. The van der Waals surface area contributed by atoms with Gasteiger partial charge >= 0.3 is 0 Å². The maximum absolute atomic E-state index is 5.64. The van der Waals surface area contributed by atoms with Gasteiger partial charge in [-0.25, -0.2) is 29.3 Å². The molecular formula is C56H62N10O2. The van der Waals surface area contributed by atoms with Crippen molar-refractivity contribution in [1.29, 1.82) is 0 Å². The van der Waals surface area contributed by atoms with Gasteiger partial charge in [-0.3, -0.25) is 0 Å². The van der Waals surface area contributed by atoms with E-state index in [2.05, 4.69) is 108 Å². The van der Waals surface area contributed by atoms with Crippen molar-refractivity contribution < 1.29 is 9.47 Å². The van der Waals surface area contributed by atoms with Crippen LogP contribution in [0, 0.1) is 13.8 Å². The molecule has 4 aromatic heterocycles. The molecule has 0 radical (unpaired) electrons. The predicted octanol–water partition coefficient (Wildman–Crippen LogP) is 12.0. The molecule has 4 aromatic carbocycles. The number of nitrogens with zero attached hydrogens (tertiary/aromatic N) is 10. The summed E-state index contributed by atoms with van der Waals surface area (Å²) in [5.74, 6) is 6.87. The van der Waals surface area contributed by atoms with Crippen LogP contribution in [0.3, 0.4) is 0 Å². The number of imidazole rings is 2. The van der Waals surface area contributed by atoms with Crippen LogP contribution in [0.25, 0.3) is 35.7 Å². The third-order valence-electron chi connectivity index (χ3n) is 13.0. The van der Waals surface area contributed by atoms with Crippen LogP contribution in [-0.2, 0) is 13.1 Å². The van der Waals surface area contributed by atoms with Crippen LogP contribution in [0.15, 0.2) is 110 Å². The first kappa shape index (κ1) is 45.8. The highest BCUT2D eigenvalue weighted by Gasteiger charge is 2.27. The molecule has 2 aliphatic rings. The van der Waals surface area contributed by atoms with Gasteiger partial charge < -0.3 is 18.6 Å². The van der Waals surface area contributed by atoms with Crippen LogP contribution < -0.4 is 9.47 Å². The average molecular weight is 907 g/mol. The Balaban J connectivity index is 0.000000170. The van der Waals surface area contributed by atoms with Crippen molar-refractivity contribution in [3.05, 3.63) is 178 Å². The molecule has 0 unspecified atom stereocenters. The van der Waals surface area contributed by atoms with E-state index in [1.54, 1.807) is 26.9 Å². The highest BCUT2D eigenvalue weighted by molar-refractivity contribution is 5.70. The first-order valence-electron chi connectivity index (χ1n) is 23.9. The molecule has 10 rings (SSSR count). The van der Waals surface area contributed by atoms with Gasteiger partial charge in [0.2, 0.25) is 0 Å². The molecule has 0 saturated heterocycles. The number of benzene rings is 4. The second kappa shape index (κ2) is 20.3. The molecule has 68 heavy (non-hydrogen) atoms. The minimum Gasteiger partial charge on any atom is -0.495 e. The molecule has 12 heteroatoms. The summed E-state index contributed by atoms with van der Waals surface area (Å²) in [5, 5.41) is 9.55. The largest absolute Gasteiger partial charge is 0.495 e. The topological polar surface area (TPSA) is 116 Å². The molecule has 2 aliphatic heterocycles. The Labute approximate surface area is 400 Å². The minimum absolute atomic E-state index is 0.294. The standard InChI is InChI=1S/2C28H31N5O/c2*1-19(2)22-9-11-23(12-10-22)24-6-5-15-33-28(24)30-27(31-33)14-8-21-7-13-25(26(16-21)34-4)32-17-20(3)29-18-32/h2*7-14,16-19,24H,5-6,15H2,1-4H3/b2*14-8+/t2*24-/m10/s1. The van der Waals surface area contributed by atoms with Gasteiger partial charge in [0, 0.05) is 37.3 Å². The zero-order chi connectivity index (χ0) is 47.3. The monoisotopic (exact) mass is 907 g/mol. The van der Waals surface area contributed by atoms with Crippen molar-refractivity contribution in [2.75, 3.05) is 14.2 Å². The Kier molecular flexibility index (Phi) is 13.6. The lowest BCUT2D eigenvalue weighted by atomic mass is 9.89. The Morgan fingerprint density at radius 1 is 0.544 bits per heavy atom. The van der Waals surface area contributed by atoms with Gasteiger partial charge in [-0.1, -0.05) is 101 Å². The van der Waals surface area contributed by atoms with E-state index in [0.29, 0.717) is 23.7 Å². The van der Waals surface area contributed by atoms with Gasteiger partial charge in [0.1, 0.15) is 23.1 Å². The number of methoxy groups -OCH3 is 2. The minimum atomic E-state index is 0.294. The summed E-state index contributed by atoms with van der Waals surface area (Å²) >= 11 is 0. The number of ether oxygens (including phenoxy) is 2. The Bertz CT molecular complexity index is 2830. The first-order valence-corrected chi connectivity index (χ1v) is 23.9. The lowest BCUT2D eigenvalue weighted by Gasteiger charge is -2.22. The number of fused-ring (bicyclic) bond motifs is 2. The Morgan fingerprint density at radius 3 is 1.31 bits per heavy atom. The van der Waals surface area contributed by atoms with E-state index in [-0.39, 0.29) is 0 Å². The second-order valence-corrected chi connectivity index (χ2v) is 18.5. The average Bonchev–Trinajstić information content (AvgIpc) is 4.19. The van der Waals surface area contributed by atoms with Crippen LogP contribution in [-0.4, -0.2) is 62.9 Å². The van der Waals surface area contributed by atoms with E-state index in [9.17, 15) is 0 Å². The molecule has 0 N–H and O–H groups in total. The molecule has 0 spiro atoms. The van der Waals surface area contributed by atoms with E-state index >= 15 is 0 Å². The molecule has 0 amide bonds. The van der Waals surface area contributed by atoms with Crippen molar-refractivity contribution in [2.24, 2.45) is 0 Å².